The van der Waals surface area contributed by atoms with Gasteiger partial charge in [-0.15, -0.1) is 16.4 Å². The molecule has 0 saturated carbocycles. The van der Waals surface area contributed by atoms with E-state index in [1.165, 1.54) is 28.7 Å². The lowest BCUT2D eigenvalue weighted by molar-refractivity contribution is -0.115. The summed E-state index contributed by atoms with van der Waals surface area (Å²) >= 11 is 3.01. The summed E-state index contributed by atoms with van der Waals surface area (Å²) in [6.07, 6.45) is 0. The fourth-order valence-corrected chi connectivity index (χ4v) is 5.14. The molecular formula is C20H26N6OS2. The van der Waals surface area contributed by atoms with Crippen LogP contribution in [0.3, 0.4) is 0 Å². The number of thiazole rings is 1. The van der Waals surface area contributed by atoms with Crippen LogP contribution >= 0.6 is 23.1 Å². The van der Waals surface area contributed by atoms with Gasteiger partial charge < -0.3 is 0 Å². The van der Waals surface area contributed by atoms with E-state index in [0.29, 0.717) is 10.9 Å². The lowest BCUT2D eigenvalue weighted by Gasteiger charge is -2.23. The van der Waals surface area contributed by atoms with Crippen LogP contribution < -0.4 is 4.90 Å². The zero-order chi connectivity index (χ0) is 21.3. The molecule has 1 amide bonds. The Morgan fingerprint density at radius 2 is 1.86 bits per heavy atom. The molecule has 9 heteroatoms. The number of hydrogen-bond donors (Lipinski definition) is 0. The Kier molecular flexibility index (Phi) is 6.09. The molecule has 0 unspecified atom stereocenters. The molecule has 2 aromatic heterocycles. The summed E-state index contributed by atoms with van der Waals surface area (Å²) in [5.74, 6) is 0.579. The maximum atomic E-state index is 12.5. The normalized spacial score (nSPS) is 11.7. The minimum atomic E-state index is -0.189. The van der Waals surface area contributed by atoms with Crippen LogP contribution in [-0.2, 0) is 16.1 Å². The minimum absolute atomic E-state index is 0.0507. The summed E-state index contributed by atoms with van der Waals surface area (Å²) in [6, 6.07) is 4.18. The van der Waals surface area contributed by atoms with Gasteiger partial charge in [0, 0.05) is 18.1 Å². The number of thioether (sulfide) groups is 1. The van der Waals surface area contributed by atoms with Crippen molar-refractivity contribution in [3.05, 3.63) is 39.9 Å². The fraction of sp³-hybridized carbons (Fsp3) is 0.450. The Bertz CT molecular complexity index is 1010. The molecule has 29 heavy (non-hydrogen) atoms. The Balaban J connectivity index is 1.85. The number of rotatable bonds is 5. The van der Waals surface area contributed by atoms with Gasteiger partial charge in [-0.3, -0.25) is 9.69 Å². The number of tetrazole rings is 1. The lowest BCUT2D eigenvalue weighted by atomic mass is 10.0. The average molecular weight is 431 g/mol. The third kappa shape index (κ3) is 4.67. The molecule has 0 radical (unpaired) electrons. The molecule has 3 aromatic rings. The van der Waals surface area contributed by atoms with Crippen LogP contribution in [0.4, 0.5) is 10.8 Å². The first-order valence-corrected chi connectivity index (χ1v) is 11.2. The molecule has 3 rings (SSSR count). The van der Waals surface area contributed by atoms with Gasteiger partial charge >= 0.3 is 0 Å². The van der Waals surface area contributed by atoms with Gasteiger partial charge in [0.05, 0.1) is 16.9 Å². The molecule has 0 spiro atoms. The Labute approximate surface area is 179 Å². The van der Waals surface area contributed by atoms with E-state index in [9.17, 15) is 4.79 Å². The van der Waals surface area contributed by atoms with Crippen LogP contribution in [0.2, 0.25) is 0 Å². The van der Waals surface area contributed by atoms with Crippen molar-refractivity contribution < 1.29 is 4.79 Å². The number of carbonyl (C=O) groups is 1. The summed E-state index contributed by atoms with van der Waals surface area (Å²) in [5, 5.41) is 15.4. The fourth-order valence-electron chi connectivity index (χ4n) is 3.21. The predicted octanol–water partition coefficient (Wildman–Crippen LogP) is 4.79. The van der Waals surface area contributed by atoms with Gasteiger partial charge in [0.2, 0.25) is 11.1 Å². The van der Waals surface area contributed by atoms with Gasteiger partial charge in [-0.05, 0) is 63.1 Å². The van der Waals surface area contributed by atoms with Crippen molar-refractivity contribution in [2.24, 2.45) is 0 Å². The first-order chi connectivity index (χ1) is 13.6. The maximum Gasteiger partial charge on any atom is 0.230 e. The Hall–Kier alpha value is -2.26. The molecule has 0 saturated heterocycles. The first kappa shape index (κ1) is 21.4. The van der Waals surface area contributed by atoms with E-state index >= 15 is 0 Å². The standard InChI is InChI=1S/C20H26N6OS2/c1-12-8-13(2)17(14(3)9-12)25(15(4)27)18-21-16(10-28-18)11-29-19-22-23-24-26(19)20(5,6)7/h8-10H,11H2,1-7H3. The molecule has 154 valence electrons. The van der Waals surface area contributed by atoms with Gasteiger partial charge in [0.15, 0.2) is 5.13 Å². The summed E-state index contributed by atoms with van der Waals surface area (Å²) in [6.45, 7) is 13.9. The third-order valence-electron chi connectivity index (χ3n) is 4.33. The number of anilines is 2. The van der Waals surface area contributed by atoms with Crippen LogP contribution in [0, 0.1) is 20.8 Å². The second-order valence-corrected chi connectivity index (χ2v) is 9.83. The van der Waals surface area contributed by atoms with Gasteiger partial charge in [-0.25, -0.2) is 9.67 Å². The topological polar surface area (TPSA) is 76.8 Å². The molecular weight excluding hydrogens is 404 g/mol. The molecule has 0 bridgehead atoms. The van der Waals surface area contributed by atoms with Crippen LogP contribution in [0.5, 0.6) is 0 Å². The van der Waals surface area contributed by atoms with Crippen molar-refractivity contribution >= 4 is 39.8 Å². The van der Waals surface area contributed by atoms with Crippen molar-refractivity contribution in [1.82, 2.24) is 25.2 Å². The van der Waals surface area contributed by atoms with E-state index < -0.39 is 0 Å². The molecule has 1 aromatic carbocycles. The summed E-state index contributed by atoms with van der Waals surface area (Å²) < 4.78 is 1.81. The lowest BCUT2D eigenvalue weighted by Crippen LogP contribution is -2.24. The molecule has 7 nitrogen and oxygen atoms in total. The quantitative estimate of drug-likeness (QED) is 0.542. The second-order valence-electron chi connectivity index (χ2n) is 8.06. The zero-order valence-electron chi connectivity index (χ0n) is 17.8. The molecule has 0 N–H and O–H groups in total. The van der Waals surface area contributed by atoms with E-state index in [1.54, 1.807) is 11.8 Å². The largest absolute Gasteiger partial charge is 0.274 e. The third-order valence-corrected chi connectivity index (χ3v) is 6.16. The van der Waals surface area contributed by atoms with Gasteiger partial charge in [-0.1, -0.05) is 29.5 Å². The van der Waals surface area contributed by atoms with E-state index in [-0.39, 0.29) is 11.4 Å². The van der Waals surface area contributed by atoms with Gasteiger partial charge in [0.25, 0.3) is 0 Å². The SMILES string of the molecule is CC(=O)N(c1nc(CSc2nnnn2C(C)(C)C)cs1)c1c(C)cc(C)cc1C. The number of amides is 1. The van der Waals surface area contributed by atoms with Crippen LogP contribution in [-0.4, -0.2) is 31.1 Å². The average Bonchev–Trinajstić information content (AvgIpc) is 3.24. The molecule has 0 fully saturated rings. The van der Waals surface area contributed by atoms with E-state index in [0.717, 1.165) is 27.7 Å². The highest BCUT2D eigenvalue weighted by molar-refractivity contribution is 7.98. The molecule has 0 aliphatic rings. The van der Waals surface area contributed by atoms with Crippen molar-refractivity contribution in [3.63, 3.8) is 0 Å². The van der Waals surface area contributed by atoms with Crippen LogP contribution in [0.15, 0.2) is 22.7 Å². The Morgan fingerprint density at radius 1 is 1.21 bits per heavy atom. The van der Waals surface area contributed by atoms with Crippen LogP contribution in [0.1, 0.15) is 50.1 Å². The van der Waals surface area contributed by atoms with Crippen molar-refractivity contribution in [2.75, 3.05) is 4.90 Å². The monoisotopic (exact) mass is 430 g/mol. The van der Waals surface area contributed by atoms with Crippen molar-refractivity contribution in [2.45, 2.75) is 64.9 Å². The van der Waals surface area contributed by atoms with Crippen molar-refractivity contribution in [1.29, 1.82) is 0 Å². The Morgan fingerprint density at radius 3 is 2.45 bits per heavy atom. The maximum absolute atomic E-state index is 12.5. The summed E-state index contributed by atoms with van der Waals surface area (Å²) in [7, 11) is 0. The highest BCUT2D eigenvalue weighted by Crippen LogP contribution is 2.35. The number of benzene rings is 1. The zero-order valence-corrected chi connectivity index (χ0v) is 19.5. The van der Waals surface area contributed by atoms with Gasteiger partial charge in [0.1, 0.15) is 0 Å². The second kappa shape index (κ2) is 8.23. The summed E-state index contributed by atoms with van der Waals surface area (Å²) in [4.78, 5) is 18.9. The van der Waals surface area contributed by atoms with Gasteiger partial charge in [-0.2, -0.15) is 0 Å². The molecule has 2 heterocycles. The van der Waals surface area contributed by atoms with E-state index in [4.69, 9.17) is 4.98 Å². The predicted molar refractivity (Wildman–Crippen MR) is 118 cm³/mol. The van der Waals surface area contributed by atoms with E-state index in [1.807, 2.05) is 23.9 Å². The molecule has 0 aliphatic heterocycles. The van der Waals surface area contributed by atoms with E-state index in [2.05, 4.69) is 55.4 Å². The minimum Gasteiger partial charge on any atom is -0.274 e. The molecule has 0 atom stereocenters. The number of nitrogens with zero attached hydrogens (tertiary/aromatic N) is 6. The van der Waals surface area contributed by atoms with Crippen LogP contribution in [0.25, 0.3) is 0 Å². The number of aryl methyl sites for hydroxylation is 3. The number of hydrogen-bond acceptors (Lipinski definition) is 7. The molecule has 0 aliphatic carbocycles. The first-order valence-electron chi connectivity index (χ1n) is 9.32. The van der Waals surface area contributed by atoms with Crippen molar-refractivity contribution in [3.8, 4) is 0 Å². The number of aromatic nitrogens is 5. The summed E-state index contributed by atoms with van der Waals surface area (Å²) in [5.41, 5.74) is 4.92. The highest BCUT2D eigenvalue weighted by Gasteiger charge is 2.23. The smallest absolute Gasteiger partial charge is 0.230 e. The number of carbonyl (C=O) groups excluding carboxylic acids is 1. The highest BCUT2D eigenvalue weighted by atomic mass is 32.2.